The third-order valence-electron chi connectivity index (χ3n) is 4.26. The lowest BCUT2D eigenvalue weighted by atomic mass is 10.0. The maximum Gasteiger partial charge on any atom is 0.0955 e. The van der Waals surface area contributed by atoms with E-state index in [2.05, 4.69) is 10.3 Å². The topological polar surface area (TPSA) is 59.3 Å². The van der Waals surface area contributed by atoms with E-state index in [1.54, 1.807) is 6.33 Å². The van der Waals surface area contributed by atoms with E-state index in [1.165, 1.54) is 0 Å². The van der Waals surface area contributed by atoms with Crippen molar-refractivity contribution in [2.45, 2.75) is 38.0 Å². The molecule has 3 rings (SSSR count). The average molecular weight is 289 g/mol. The van der Waals surface area contributed by atoms with Crippen LogP contribution < -0.4 is 5.32 Å². The number of benzene rings is 1. The van der Waals surface area contributed by atoms with Crippen molar-refractivity contribution in [3.63, 3.8) is 0 Å². The summed E-state index contributed by atoms with van der Waals surface area (Å²) in [6.45, 7) is 3.66. The van der Waals surface area contributed by atoms with Gasteiger partial charge >= 0.3 is 0 Å². The van der Waals surface area contributed by atoms with E-state index >= 15 is 0 Å². The zero-order chi connectivity index (χ0) is 14.8. The standard InChI is InChI=1S/C16H23N3O2/c1-11(17-9-13-4-3-7-21-13)16(20)12-5-6-15-14(8-12)18-10-19(15)2/h5-6,8,10-11,13,16-17,20H,3-4,7,9H2,1-2H3. The molecule has 3 atom stereocenters. The van der Waals surface area contributed by atoms with Crippen molar-refractivity contribution < 1.29 is 9.84 Å². The zero-order valence-corrected chi connectivity index (χ0v) is 12.6. The van der Waals surface area contributed by atoms with Crippen LogP contribution in [0.3, 0.4) is 0 Å². The Morgan fingerprint density at radius 3 is 3.14 bits per heavy atom. The third kappa shape index (κ3) is 3.10. The van der Waals surface area contributed by atoms with Crippen molar-refractivity contribution in [1.82, 2.24) is 14.9 Å². The Bertz CT molecular complexity index is 605. The predicted molar refractivity (Wildman–Crippen MR) is 82.1 cm³/mol. The summed E-state index contributed by atoms with van der Waals surface area (Å²) in [5.41, 5.74) is 2.89. The number of aliphatic hydroxyl groups excluding tert-OH is 1. The molecule has 5 heteroatoms. The molecule has 3 unspecified atom stereocenters. The van der Waals surface area contributed by atoms with Gasteiger partial charge in [-0.1, -0.05) is 6.07 Å². The average Bonchev–Trinajstić information content (AvgIpc) is 3.14. The summed E-state index contributed by atoms with van der Waals surface area (Å²) < 4.78 is 7.57. The van der Waals surface area contributed by atoms with Crippen LogP contribution in [0, 0.1) is 0 Å². The van der Waals surface area contributed by atoms with Crippen LogP contribution in [0.2, 0.25) is 0 Å². The molecule has 2 heterocycles. The minimum atomic E-state index is -0.544. The molecule has 114 valence electrons. The van der Waals surface area contributed by atoms with Gasteiger partial charge in [0.05, 0.1) is 29.6 Å². The minimum absolute atomic E-state index is 0.0182. The van der Waals surface area contributed by atoms with E-state index in [-0.39, 0.29) is 12.1 Å². The number of aryl methyl sites for hydroxylation is 1. The predicted octanol–water partition coefficient (Wildman–Crippen LogP) is 1.76. The lowest BCUT2D eigenvalue weighted by Gasteiger charge is -2.22. The summed E-state index contributed by atoms with van der Waals surface area (Å²) in [6, 6.07) is 5.92. The maximum atomic E-state index is 10.5. The Balaban J connectivity index is 1.65. The molecule has 1 saturated heterocycles. The molecule has 2 aromatic rings. The van der Waals surface area contributed by atoms with Gasteiger partial charge in [-0.15, -0.1) is 0 Å². The van der Waals surface area contributed by atoms with Gasteiger partial charge in [0, 0.05) is 26.2 Å². The molecule has 1 aliphatic heterocycles. The highest BCUT2D eigenvalue weighted by Crippen LogP contribution is 2.22. The molecule has 0 bridgehead atoms. The fourth-order valence-corrected chi connectivity index (χ4v) is 2.86. The first-order chi connectivity index (χ1) is 10.1. The van der Waals surface area contributed by atoms with Gasteiger partial charge in [-0.25, -0.2) is 4.98 Å². The van der Waals surface area contributed by atoms with Crippen molar-refractivity contribution in [3.05, 3.63) is 30.1 Å². The number of hydrogen-bond acceptors (Lipinski definition) is 4. The molecule has 21 heavy (non-hydrogen) atoms. The Morgan fingerprint density at radius 1 is 1.52 bits per heavy atom. The monoisotopic (exact) mass is 289 g/mol. The summed E-state index contributed by atoms with van der Waals surface area (Å²) in [4.78, 5) is 4.34. The summed E-state index contributed by atoms with van der Waals surface area (Å²) in [5, 5.41) is 13.9. The highest BCUT2D eigenvalue weighted by Gasteiger charge is 2.20. The smallest absolute Gasteiger partial charge is 0.0955 e. The second-order valence-electron chi connectivity index (χ2n) is 5.88. The molecule has 1 aliphatic rings. The van der Waals surface area contributed by atoms with Crippen LogP contribution in [0.5, 0.6) is 0 Å². The highest BCUT2D eigenvalue weighted by atomic mass is 16.5. The second-order valence-corrected chi connectivity index (χ2v) is 5.88. The number of nitrogens with one attached hydrogen (secondary N) is 1. The molecule has 0 spiro atoms. The SMILES string of the molecule is CC(NCC1CCCO1)C(O)c1ccc2c(c1)ncn2C. The number of aliphatic hydroxyl groups is 1. The Kier molecular flexibility index (Phi) is 4.24. The van der Waals surface area contributed by atoms with Crippen molar-refractivity contribution in [3.8, 4) is 0 Å². The molecule has 1 aromatic heterocycles. The van der Waals surface area contributed by atoms with Gasteiger partial charge in [0.25, 0.3) is 0 Å². The van der Waals surface area contributed by atoms with E-state index in [9.17, 15) is 5.11 Å². The van der Waals surface area contributed by atoms with Crippen molar-refractivity contribution in [2.75, 3.05) is 13.2 Å². The largest absolute Gasteiger partial charge is 0.387 e. The molecule has 0 saturated carbocycles. The second kappa shape index (κ2) is 6.13. The number of ether oxygens (including phenoxy) is 1. The molecule has 2 N–H and O–H groups in total. The maximum absolute atomic E-state index is 10.5. The Hall–Kier alpha value is -1.43. The summed E-state index contributed by atoms with van der Waals surface area (Å²) in [7, 11) is 1.97. The lowest BCUT2D eigenvalue weighted by Crippen LogP contribution is -2.37. The summed E-state index contributed by atoms with van der Waals surface area (Å²) in [5.74, 6) is 0. The molecular weight excluding hydrogens is 266 g/mol. The van der Waals surface area contributed by atoms with Crippen LogP contribution in [-0.4, -0.2) is 40.0 Å². The normalized spacial score (nSPS) is 21.8. The number of fused-ring (bicyclic) bond motifs is 1. The van der Waals surface area contributed by atoms with Gasteiger partial charge in [-0.3, -0.25) is 0 Å². The minimum Gasteiger partial charge on any atom is -0.387 e. The summed E-state index contributed by atoms with van der Waals surface area (Å²) >= 11 is 0. The van der Waals surface area contributed by atoms with E-state index in [0.717, 1.165) is 42.6 Å². The van der Waals surface area contributed by atoms with Crippen LogP contribution in [-0.2, 0) is 11.8 Å². The zero-order valence-electron chi connectivity index (χ0n) is 12.6. The van der Waals surface area contributed by atoms with Gasteiger partial charge in [-0.2, -0.15) is 0 Å². The molecule has 0 aliphatic carbocycles. The van der Waals surface area contributed by atoms with Crippen LogP contribution in [0.1, 0.15) is 31.4 Å². The first-order valence-corrected chi connectivity index (χ1v) is 7.59. The fraction of sp³-hybridized carbons (Fsp3) is 0.562. The van der Waals surface area contributed by atoms with Crippen molar-refractivity contribution in [1.29, 1.82) is 0 Å². The van der Waals surface area contributed by atoms with Gasteiger partial charge in [0.1, 0.15) is 0 Å². The Morgan fingerprint density at radius 2 is 2.38 bits per heavy atom. The van der Waals surface area contributed by atoms with Crippen LogP contribution in [0.25, 0.3) is 11.0 Å². The van der Waals surface area contributed by atoms with E-state index in [1.807, 2.05) is 36.7 Å². The highest BCUT2D eigenvalue weighted by molar-refractivity contribution is 5.76. The van der Waals surface area contributed by atoms with Gasteiger partial charge in [0.2, 0.25) is 0 Å². The quantitative estimate of drug-likeness (QED) is 0.880. The molecule has 1 fully saturated rings. The number of nitrogens with zero attached hydrogens (tertiary/aromatic N) is 2. The van der Waals surface area contributed by atoms with E-state index in [4.69, 9.17) is 4.74 Å². The van der Waals surface area contributed by atoms with E-state index < -0.39 is 6.10 Å². The van der Waals surface area contributed by atoms with Gasteiger partial charge < -0.3 is 19.7 Å². The van der Waals surface area contributed by atoms with Crippen molar-refractivity contribution in [2.24, 2.45) is 7.05 Å². The lowest BCUT2D eigenvalue weighted by molar-refractivity contribution is 0.0911. The molecule has 0 amide bonds. The number of rotatable bonds is 5. The summed E-state index contributed by atoms with van der Waals surface area (Å²) in [6.07, 6.45) is 3.78. The Labute approximate surface area is 124 Å². The molecule has 5 nitrogen and oxygen atoms in total. The number of aromatic nitrogens is 2. The van der Waals surface area contributed by atoms with Crippen molar-refractivity contribution >= 4 is 11.0 Å². The molecule has 0 radical (unpaired) electrons. The third-order valence-corrected chi connectivity index (χ3v) is 4.26. The van der Waals surface area contributed by atoms with Gasteiger partial charge in [-0.05, 0) is 37.5 Å². The number of imidazole rings is 1. The number of hydrogen-bond donors (Lipinski definition) is 2. The van der Waals surface area contributed by atoms with E-state index in [0.29, 0.717) is 0 Å². The van der Waals surface area contributed by atoms with Crippen LogP contribution in [0.4, 0.5) is 0 Å². The molecular formula is C16H23N3O2. The molecule has 1 aromatic carbocycles. The van der Waals surface area contributed by atoms with Crippen LogP contribution in [0.15, 0.2) is 24.5 Å². The first-order valence-electron chi connectivity index (χ1n) is 7.59. The fourth-order valence-electron chi connectivity index (χ4n) is 2.86. The van der Waals surface area contributed by atoms with Gasteiger partial charge in [0.15, 0.2) is 0 Å². The van der Waals surface area contributed by atoms with Crippen LogP contribution >= 0.6 is 0 Å². The first kappa shape index (κ1) is 14.5.